The maximum absolute atomic E-state index is 6.14. The summed E-state index contributed by atoms with van der Waals surface area (Å²) in [5.74, 6) is 0.854. The molecule has 1 fully saturated rings. The van der Waals surface area contributed by atoms with Gasteiger partial charge in [-0.25, -0.2) is 0 Å². The minimum absolute atomic E-state index is 0.551. The van der Waals surface area contributed by atoms with Crippen molar-refractivity contribution in [1.29, 1.82) is 0 Å². The molecule has 0 aromatic heterocycles. The van der Waals surface area contributed by atoms with Crippen LogP contribution in [0.5, 0.6) is 0 Å². The topological polar surface area (TPSA) is 12.0 Å². The summed E-state index contributed by atoms with van der Waals surface area (Å²) in [6.07, 6.45) is 2.72. The van der Waals surface area contributed by atoms with Crippen molar-refractivity contribution in [3.8, 4) is 0 Å². The molecule has 0 radical (unpaired) electrons. The molecule has 76 valence electrons. The second kappa shape index (κ2) is 3.82. The molecule has 0 bridgehead atoms. The Morgan fingerprint density at radius 2 is 2.14 bits per heavy atom. The molecule has 0 aliphatic heterocycles. The van der Waals surface area contributed by atoms with Crippen LogP contribution in [0.25, 0.3) is 0 Å². The number of aryl methyl sites for hydroxylation is 1. The average molecular weight is 210 g/mol. The number of rotatable bonds is 3. The molecule has 1 saturated carbocycles. The first kappa shape index (κ1) is 9.85. The SMILES string of the molecule is Cc1ccc(N[C@H](C)C2CC2)c(Cl)c1. The van der Waals surface area contributed by atoms with E-state index in [1.807, 2.05) is 6.07 Å². The summed E-state index contributed by atoms with van der Waals surface area (Å²) < 4.78 is 0. The lowest BCUT2D eigenvalue weighted by molar-refractivity contribution is 0.694. The summed E-state index contributed by atoms with van der Waals surface area (Å²) in [7, 11) is 0. The lowest BCUT2D eigenvalue weighted by Crippen LogP contribution is -2.17. The van der Waals surface area contributed by atoms with Crippen molar-refractivity contribution in [3.05, 3.63) is 28.8 Å². The van der Waals surface area contributed by atoms with Crippen LogP contribution in [0.1, 0.15) is 25.3 Å². The molecule has 0 heterocycles. The number of benzene rings is 1. The van der Waals surface area contributed by atoms with Gasteiger partial charge in [0.1, 0.15) is 0 Å². The minimum atomic E-state index is 0.551. The minimum Gasteiger partial charge on any atom is -0.381 e. The third-order valence-corrected chi connectivity index (χ3v) is 3.15. The number of nitrogens with one attached hydrogen (secondary N) is 1. The lowest BCUT2D eigenvalue weighted by atomic mass is 10.2. The van der Waals surface area contributed by atoms with Crippen LogP contribution in [0, 0.1) is 12.8 Å². The fraction of sp³-hybridized carbons (Fsp3) is 0.500. The van der Waals surface area contributed by atoms with Gasteiger partial charge in [0, 0.05) is 6.04 Å². The maximum Gasteiger partial charge on any atom is 0.0640 e. The van der Waals surface area contributed by atoms with Crippen molar-refractivity contribution in [1.82, 2.24) is 0 Å². The van der Waals surface area contributed by atoms with Crippen molar-refractivity contribution >= 4 is 17.3 Å². The van der Waals surface area contributed by atoms with Crippen LogP contribution < -0.4 is 5.32 Å². The smallest absolute Gasteiger partial charge is 0.0640 e. The molecule has 14 heavy (non-hydrogen) atoms. The zero-order valence-corrected chi connectivity index (χ0v) is 9.43. The van der Waals surface area contributed by atoms with Crippen molar-refractivity contribution in [2.75, 3.05) is 5.32 Å². The van der Waals surface area contributed by atoms with Crippen molar-refractivity contribution in [2.24, 2.45) is 5.92 Å². The van der Waals surface area contributed by atoms with E-state index in [9.17, 15) is 0 Å². The molecule has 0 unspecified atom stereocenters. The first-order valence-corrected chi connectivity index (χ1v) is 5.57. The van der Waals surface area contributed by atoms with E-state index in [0.717, 1.165) is 16.6 Å². The molecule has 2 heteroatoms. The molecule has 1 aromatic rings. The molecule has 0 amide bonds. The summed E-state index contributed by atoms with van der Waals surface area (Å²) >= 11 is 6.14. The summed E-state index contributed by atoms with van der Waals surface area (Å²) in [6.45, 7) is 4.29. The third kappa shape index (κ3) is 2.21. The number of halogens is 1. The van der Waals surface area contributed by atoms with E-state index in [-0.39, 0.29) is 0 Å². The van der Waals surface area contributed by atoms with Gasteiger partial charge in [0.05, 0.1) is 10.7 Å². The van der Waals surface area contributed by atoms with Gasteiger partial charge >= 0.3 is 0 Å². The Labute approximate surface area is 90.5 Å². The van der Waals surface area contributed by atoms with E-state index in [2.05, 4.69) is 31.3 Å². The number of hydrogen-bond acceptors (Lipinski definition) is 1. The Balaban J connectivity index is 2.07. The number of anilines is 1. The summed E-state index contributed by atoms with van der Waals surface area (Å²) in [6, 6.07) is 6.71. The molecule has 1 aliphatic rings. The highest BCUT2D eigenvalue weighted by Crippen LogP contribution is 2.35. The zero-order chi connectivity index (χ0) is 10.1. The third-order valence-electron chi connectivity index (χ3n) is 2.84. The van der Waals surface area contributed by atoms with Gasteiger partial charge in [-0.15, -0.1) is 0 Å². The van der Waals surface area contributed by atoms with Gasteiger partial charge in [0.15, 0.2) is 0 Å². The van der Waals surface area contributed by atoms with Crippen LogP contribution in [0.2, 0.25) is 5.02 Å². The van der Waals surface area contributed by atoms with Gasteiger partial charge in [-0.3, -0.25) is 0 Å². The van der Waals surface area contributed by atoms with E-state index < -0.39 is 0 Å². The van der Waals surface area contributed by atoms with Crippen LogP contribution >= 0.6 is 11.6 Å². The van der Waals surface area contributed by atoms with E-state index in [4.69, 9.17) is 11.6 Å². The summed E-state index contributed by atoms with van der Waals surface area (Å²) in [5, 5.41) is 4.30. The summed E-state index contributed by atoms with van der Waals surface area (Å²) in [4.78, 5) is 0. The molecule has 2 rings (SSSR count). The van der Waals surface area contributed by atoms with Crippen LogP contribution in [-0.4, -0.2) is 6.04 Å². The predicted molar refractivity (Wildman–Crippen MR) is 62.0 cm³/mol. The zero-order valence-electron chi connectivity index (χ0n) is 8.68. The Bertz CT molecular complexity index is 331. The quantitative estimate of drug-likeness (QED) is 0.797. The normalized spacial score (nSPS) is 17.9. The molecule has 0 saturated heterocycles. The van der Waals surface area contributed by atoms with Crippen molar-refractivity contribution < 1.29 is 0 Å². The van der Waals surface area contributed by atoms with Crippen LogP contribution in [0.3, 0.4) is 0 Å². The van der Waals surface area contributed by atoms with E-state index >= 15 is 0 Å². The van der Waals surface area contributed by atoms with Gasteiger partial charge in [-0.1, -0.05) is 17.7 Å². The fourth-order valence-electron chi connectivity index (χ4n) is 1.70. The molecule has 0 spiro atoms. The molecule has 1 nitrogen and oxygen atoms in total. The lowest BCUT2D eigenvalue weighted by Gasteiger charge is -2.15. The monoisotopic (exact) mass is 209 g/mol. The van der Waals surface area contributed by atoms with Gasteiger partial charge in [-0.2, -0.15) is 0 Å². The van der Waals surface area contributed by atoms with Gasteiger partial charge < -0.3 is 5.32 Å². The first-order chi connectivity index (χ1) is 6.66. The summed E-state index contributed by atoms with van der Waals surface area (Å²) in [5.41, 5.74) is 2.27. The van der Waals surface area contributed by atoms with Gasteiger partial charge in [0.25, 0.3) is 0 Å². The molecule has 1 atom stereocenters. The predicted octanol–water partition coefficient (Wildman–Crippen LogP) is 3.86. The Morgan fingerprint density at radius 1 is 1.43 bits per heavy atom. The standard InChI is InChI=1S/C12H16ClN/c1-8-3-6-12(11(13)7-8)14-9(2)10-4-5-10/h3,6-7,9-10,14H,4-5H2,1-2H3/t9-/m1/s1. The van der Waals surface area contributed by atoms with Gasteiger partial charge in [-0.05, 0) is 50.3 Å². The van der Waals surface area contributed by atoms with E-state index in [0.29, 0.717) is 6.04 Å². The fourth-order valence-corrected chi connectivity index (χ4v) is 1.99. The Morgan fingerprint density at radius 3 is 2.71 bits per heavy atom. The molecule has 1 N–H and O–H groups in total. The van der Waals surface area contributed by atoms with Gasteiger partial charge in [0.2, 0.25) is 0 Å². The largest absolute Gasteiger partial charge is 0.381 e. The van der Waals surface area contributed by atoms with Crippen LogP contribution in [0.4, 0.5) is 5.69 Å². The average Bonchev–Trinajstić information content (AvgIpc) is 2.92. The number of hydrogen-bond donors (Lipinski definition) is 1. The highest BCUT2D eigenvalue weighted by atomic mass is 35.5. The second-order valence-electron chi connectivity index (χ2n) is 4.25. The maximum atomic E-state index is 6.14. The first-order valence-electron chi connectivity index (χ1n) is 5.19. The second-order valence-corrected chi connectivity index (χ2v) is 4.66. The van der Waals surface area contributed by atoms with Crippen LogP contribution in [-0.2, 0) is 0 Å². The molecular weight excluding hydrogens is 194 g/mol. The molecule has 1 aromatic carbocycles. The Kier molecular flexibility index (Phi) is 2.69. The van der Waals surface area contributed by atoms with E-state index in [1.165, 1.54) is 18.4 Å². The molecule has 1 aliphatic carbocycles. The molecular formula is C12H16ClN. The van der Waals surface area contributed by atoms with Crippen LogP contribution in [0.15, 0.2) is 18.2 Å². The van der Waals surface area contributed by atoms with Crippen molar-refractivity contribution in [3.63, 3.8) is 0 Å². The highest BCUT2D eigenvalue weighted by molar-refractivity contribution is 6.33. The van der Waals surface area contributed by atoms with E-state index in [1.54, 1.807) is 0 Å². The Hall–Kier alpha value is -0.690. The highest BCUT2D eigenvalue weighted by Gasteiger charge is 2.27. The van der Waals surface area contributed by atoms with Crippen molar-refractivity contribution in [2.45, 2.75) is 32.7 Å².